The summed E-state index contributed by atoms with van der Waals surface area (Å²) in [6, 6.07) is 0. The van der Waals surface area contributed by atoms with Crippen LogP contribution in [0.15, 0.2) is 0 Å². The second-order valence-electron chi connectivity index (χ2n) is 9.39. The number of rotatable bonds is 7. The van der Waals surface area contributed by atoms with Gasteiger partial charge in [-0.3, -0.25) is 4.79 Å². The number of hydrogen-bond acceptors (Lipinski definition) is 2. The molecule has 0 saturated carbocycles. The van der Waals surface area contributed by atoms with Crippen molar-refractivity contribution in [3.63, 3.8) is 0 Å². The fourth-order valence-electron chi connectivity index (χ4n) is 2.83. The summed E-state index contributed by atoms with van der Waals surface area (Å²) in [6.07, 6.45) is 3.08. The molecular weight excluding hydrogens is 260 g/mol. The zero-order valence-electron chi connectivity index (χ0n) is 15.9. The molecule has 0 aliphatic carbocycles. The Bertz CT molecular complexity index is 305. The maximum atomic E-state index is 12.5. The highest BCUT2D eigenvalue weighted by Gasteiger charge is 2.32. The van der Waals surface area contributed by atoms with Crippen LogP contribution in [0.5, 0.6) is 0 Å². The van der Waals surface area contributed by atoms with Crippen molar-refractivity contribution in [3.05, 3.63) is 0 Å². The van der Waals surface area contributed by atoms with E-state index in [1.165, 1.54) is 0 Å². The first kappa shape index (κ1) is 20.5. The van der Waals surface area contributed by atoms with Crippen molar-refractivity contribution in [2.45, 2.75) is 81.6 Å². The number of hydrogen-bond donors (Lipinski definition) is 0. The third-order valence-corrected chi connectivity index (χ3v) is 3.83. The van der Waals surface area contributed by atoms with Gasteiger partial charge in [0, 0.05) is 0 Å². The van der Waals surface area contributed by atoms with Crippen LogP contribution in [0.4, 0.5) is 0 Å². The van der Waals surface area contributed by atoms with E-state index in [1.807, 2.05) is 0 Å². The maximum Gasteiger partial charge on any atom is 0.309 e. The average Bonchev–Trinajstić information content (AvgIpc) is 2.21. The summed E-state index contributed by atoms with van der Waals surface area (Å²) in [6.45, 7) is 20.2. The van der Waals surface area contributed by atoms with Gasteiger partial charge in [0.25, 0.3) is 0 Å². The van der Waals surface area contributed by atoms with Crippen LogP contribution < -0.4 is 0 Å². The molecule has 0 aromatic rings. The van der Waals surface area contributed by atoms with Crippen LogP contribution >= 0.6 is 0 Å². The highest BCUT2D eigenvalue weighted by molar-refractivity contribution is 5.73. The van der Waals surface area contributed by atoms with Gasteiger partial charge in [0.2, 0.25) is 0 Å². The lowest BCUT2D eigenvalue weighted by Gasteiger charge is -2.30. The van der Waals surface area contributed by atoms with E-state index in [4.69, 9.17) is 4.74 Å². The fraction of sp³-hybridized carbons (Fsp3) is 0.947. The van der Waals surface area contributed by atoms with Gasteiger partial charge in [0.15, 0.2) is 0 Å². The molecule has 0 fully saturated rings. The van der Waals surface area contributed by atoms with Crippen LogP contribution in [0.1, 0.15) is 81.6 Å². The number of ether oxygens (including phenoxy) is 1. The molecule has 0 rings (SSSR count). The number of carbonyl (C=O) groups is 1. The fourth-order valence-corrected chi connectivity index (χ4v) is 2.83. The first-order chi connectivity index (χ1) is 9.33. The highest BCUT2D eigenvalue weighted by Crippen LogP contribution is 2.32. The monoisotopic (exact) mass is 298 g/mol. The Morgan fingerprint density at radius 2 is 1.48 bits per heavy atom. The molecule has 0 radical (unpaired) electrons. The molecule has 0 spiro atoms. The predicted octanol–water partition coefficient (Wildman–Crippen LogP) is 5.70. The zero-order chi connectivity index (χ0) is 16.8. The minimum Gasteiger partial charge on any atom is -0.465 e. The average molecular weight is 299 g/mol. The standard InChI is InChI=1S/C19H38O2/c1-14(2)10-11-16(19(7,8)9)17(20)21-13-15(3)12-18(4,5)6/h14-16H,10-13H2,1-9H3. The summed E-state index contributed by atoms with van der Waals surface area (Å²) in [5, 5.41) is 0. The predicted molar refractivity (Wildman–Crippen MR) is 91.2 cm³/mol. The SMILES string of the molecule is CC(C)CCC(C(=O)OCC(C)CC(C)(C)C)C(C)(C)C. The largest absolute Gasteiger partial charge is 0.465 e. The lowest BCUT2D eigenvalue weighted by molar-refractivity contribution is -0.154. The Morgan fingerprint density at radius 3 is 1.86 bits per heavy atom. The van der Waals surface area contributed by atoms with Gasteiger partial charge in [-0.15, -0.1) is 0 Å². The first-order valence-corrected chi connectivity index (χ1v) is 8.49. The van der Waals surface area contributed by atoms with E-state index in [2.05, 4.69) is 62.3 Å². The van der Waals surface area contributed by atoms with E-state index in [0.29, 0.717) is 18.4 Å². The molecule has 126 valence electrons. The molecule has 0 aliphatic heterocycles. The van der Waals surface area contributed by atoms with Crippen LogP contribution in [0.25, 0.3) is 0 Å². The van der Waals surface area contributed by atoms with Crippen LogP contribution in [0.3, 0.4) is 0 Å². The summed E-state index contributed by atoms with van der Waals surface area (Å²) in [5.74, 6) is 1.03. The molecule has 0 aliphatic rings. The molecule has 2 heteroatoms. The Kier molecular flexibility index (Phi) is 7.99. The normalized spacial score (nSPS) is 15.9. The third-order valence-electron chi connectivity index (χ3n) is 3.83. The summed E-state index contributed by atoms with van der Waals surface area (Å²) >= 11 is 0. The van der Waals surface area contributed by atoms with Crippen LogP contribution in [-0.2, 0) is 9.53 Å². The van der Waals surface area contributed by atoms with Gasteiger partial charge in [0.1, 0.15) is 0 Å². The molecular formula is C19H38O2. The molecule has 2 unspecified atom stereocenters. The van der Waals surface area contributed by atoms with Gasteiger partial charge >= 0.3 is 5.97 Å². The van der Waals surface area contributed by atoms with Gasteiger partial charge in [-0.1, -0.05) is 68.7 Å². The second-order valence-corrected chi connectivity index (χ2v) is 9.39. The summed E-state index contributed by atoms with van der Waals surface area (Å²) in [5.41, 5.74) is 0.256. The van der Waals surface area contributed by atoms with E-state index >= 15 is 0 Å². The molecule has 0 heterocycles. The van der Waals surface area contributed by atoms with Crippen LogP contribution in [-0.4, -0.2) is 12.6 Å². The molecule has 0 bridgehead atoms. The van der Waals surface area contributed by atoms with Gasteiger partial charge < -0.3 is 4.74 Å². The van der Waals surface area contributed by atoms with E-state index in [-0.39, 0.29) is 22.7 Å². The van der Waals surface area contributed by atoms with Crippen molar-refractivity contribution in [2.24, 2.45) is 28.6 Å². The van der Waals surface area contributed by atoms with Crippen molar-refractivity contribution in [3.8, 4) is 0 Å². The zero-order valence-corrected chi connectivity index (χ0v) is 15.9. The van der Waals surface area contributed by atoms with E-state index in [9.17, 15) is 4.79 Å². The second kappa shape index (κ2) is 8.19. The van der Waals surface area contributed by atoms with Gasteiger partial charge in [-0.2, -0.15) is 0 Å². The molecule has 0 N–H and O–H groups in total. The number of esters is 1. The quantitative estimate of drug-likeness (QED) is 0.563. The molecule has 2 atom stereocenters. The van der Waals surface area contributed by atoms with Crippen molar-refractivity contribution in [1.82, 2.24) is 0 Å². The molecule has 21 heavy (non-hydrogen) atoms. The summed E-state index contributed by atoms with van der Waals surface area (Å²) < 4.78 is 5.63. The lowest BCUT2D eigenvalue weighted by Crippen LogP contribution is -2.32. The van der Waals surface area contributed by atoms with E-state index < -0.39 is 0 Å². The van der Waals surface area contributed by atoms with Gasteiger partial charge in [-0.05, 0) is 35.5 Å². The summed E-state index contributed by atoms with van der Waals surface area (Å²) in [7, 11) is 0. The third kappa shape index (κ3) is 9.92. The Hall–Kier alpha value is -0.530. The van der Waals surface area contributed by atoms with Gasteiger partial charge in [0.05, 0.1) is 12.5 Å². The lowest BCUT2D eigenvalue weighted by atomic mass is 9.77. The molecule has 2 nitrogen and oxygen atoms in total. The van der Waals surface area contributed by atoms with Crippen molar-refractivity contribution < 1.29 is 9.53 Å². The highest BCUT2D eigenvalue weighted by atomic mass is 16.5. The minimum atomic E-state index is -0.0285. The topological polar surface area (TPSA) is 26.3 Å². The van der Waals surface area contributed by atoms with Crippen LogP contribution in [0.2, 0.25) is 0 Å². The first-order valence-electron chi connectivity index (χ1n) is 8.49. The maximum absolute atomic E-state index is 12.5. The van der Waals surface area contributed by atoms with Crippen molar-refractivity contribution >= 4 is 5.97 Å². The molecule has 0 saturated heterocycles. The summed E-state index contributed by atoms with van der Waals surface area (Å²) in [4.78, 5) is 12.5. The van der Waals surface area contributed by atoms with Gasteiger partial charge in [-0.25, -0.2) is 0 Å². The van der Waals surface area contributed by atoms with E-state index in [0.717, 1.165) is 19.3 Å². The molecule has 0 aromatic carbocycles. The van der Waals surface area contributed by atoms with E-state index in [1.54, 1.807) is 0 Å². The Morgan fingerprint density at radius 1 is 0.952 bits per heavy atom. The van der Waals surface area contributed by atoms with Crippen LogP contribution in [0, 0.1) is 28.6 Å². The van der Waals surface area contributed by atoms with Crippen molar-refractivity contribution in [1.29, 1.82) is 0 Å². The Balaban J connectivity index is 4.48. The molecule has 0 aromatic heterocycles. The number of carbonyl (C=O) groups excluding carboxylic acids is 1. The Labute approximate surface area is 133 Å². The molecule has 0 amide bonds. The minimum absolute atomic E-state index is 0.00161. The smallest absolute Gasteiger partial charge is 0.309 e. The van der Waals surface area contributed by atoms with Crippen molar-refractivity contribution in [2.75, 3.05) is 6.61 Å².